The minimum atomic E-state index is -0.497. The number of nitrogens with one attached hydrogen (secondary N) is 1. The van der Waals surface area contributed by atoms with Crippen LogP contribution in [-0.4, -0.2) is 22.9 Å². The number of rotatable bonds is 3. The summed E-state index contributed by atoms with van der Waals surface area (Å²) in [6.07, 6.45) is 4.04. The molecule has 5 heteroatoms. The normalized spacial score (nSPS) is 11.2. The molecule has 1 heterocycles. The number of nitrogens with zero attached hydrogens (tertiary/aromatic N) is 1. The second-order valence-corrected chi connectivity index (χ2v) is 5.69. The Morgan fingerprint density at radius 3 is 2.67 bits per heavy atom. The molecular formula is C13H20N2O2S. The lowest BCUT2D eigenvalue weighted by molar-refractivity contribution is 0.0635. The standard InChI is InChI=1S/C13H20N2O2S/c1-6-9-7-11(18-5)14-8-10(9)15-12(16)17-13(2,3)4/h7-8H,6H2,1-5H3,(H,15,16). The van der Waals surface area contributed by atoms with Crippen molar-refractivity contribution in [3.63, 3.8) is 0 Å². The van der Waals surface area contributed by atoms with E-state index in [4.69, 9.17) is 4.74 Å². The Balaban J connectivity index is 2.81. The van der Waals surface area contributed by atoms with Gasteiger partial charge < -0.3 is 4.74 Å². The van der Waals surface area contributed by atoms with Crippen molar-refractivity contribution in [3.05, 3.63) is 17.8 Å². The molecule has 0 radical (unpaired) electrons. The Labute approximate surface area is 113 Å². The fourth-order valence-corrected chi connectivity index (χ4v) is 1.82. The summed E-state index contributed by atoms with van der Waals surface area (Å²) in [7, 11) is 0. The summed E-state index contributed by atoms with van der Waals surface area (Å²) in [5.74, 6) is 0. The summed E-state index contributed by atoms with van der Waals surface area (Å²) < 4.78 is 5.21. The zero-order chi connectivity index (χ0) is 13.8. The molecule has 0 atom stereocenters. The van der Waals surface area contributed by atoms with Gasteiger partial charge >= 0.3 is 6.09 Å². The predicted octanol–water partition coefficient (Wildman–Crippen LogP) is 3.71. The van der Waals surface area contributed by atoms with Crippen LogP contribution in [0.15, 0.2) is 17.3 Å². The van der Waals surface area contributed by atoms with Crippen molar-refractivity contribution in [3.8, 4) is 0 Å². The first kappa shape index (κ1) is 14.8. The third kappa shape index (κ3) is 4.56. The maximum atomic E-state index is 11.7. The second kappa shape index (κ2) is 6.09. The van der Waals surface area contributed by atoms with E-state index in [2.05, 4.69) is 10.3 Å². The van der Waals surface area contributed by atoms with Crippen LogP contribution in [0.25, 0.3) is 0 Å². The highest BCUT2D eigenvalue weighted by molar-refractivity contribution is 7.98. The number of aryl methyl sites for hydroxylation is 1. The molecule has 0 aliphatic heterocycles. The highest BCUT2D eigenvalue weighted by Gasteiger charge is 2.17. The molecule has 0 saturated heterocycles. The highest BCUT2D eigenvalue weighted by atomic mass is 32.2. The van der Waals surface area contributed by atoms with E-state index in [1.807, 2.05) is 40.0 Å². The molecule has 1 amide bonds. The van der Waals surface area contributed by atoms with Crippen molar-refractivity contribution in [2.45, 2.75) is 44.7 Å². The molecule has 0 unspecified atom stereocenters. The molecule has 4 nitrogen and oxygen atoms in total. The maximum Gasteiger partial charge on any atom is 0.412 e. The molecule has 0 saturated carbocycles. The Morgan fingerprint density at radius 2 is 2.17 bits per heavy atom. The van der Waals surface area contributed by atoms with Crippen LogP contribution in [0.1, 0.15) is 33.3 Å². The van der Waals surface area contributed by atoms with Crippen LogP contribution in [-0.2, 0) is 11.2 Å². The van der Waals surface area contributed by atoms with Crippen LogP contribution in [0.3, 0.4) is 0 Å². The summed E-state index contributed by atoms with van der Waals surface area (Å²) >= 11 is 1.58. The van der Waals surface area contributed by atoms with Crippen LogP contribution in [0.4, 0.5) is 10.5 Å². The van der Waals surface area contributed by atoms with Crippen molar-refractivity contribution in [1.82, 2.24) is 4.98 Å². The van der Waals surface area contributed by atoms with Crippen molar-refractivity contribution in [2.75, 3.05) is 11.6 Å². The number of ether oxygens (including phenoxy) is 1. The van der Waals surface area contributed by atoms with Crippen molar-refractivity contribution < 1.29 is 9.53 Å². The fraction of sp³-hybridized carbons (Fsp3) is 0.538. The van der Waals surface area contributed by atoms with Crippen LogP contribution in [0.5, 0.6) is 0 Å². The summed E-state index contributed by atoms with van der Waals surface area (Å²) in [5, 5.41) is 3.68. The monoisotopic (exact) mass is 268 g/mol. The fourth-order valence-electron chi connectivity index (χ4n) is 1.41. The van der Waals surface area contributed by atoms with E-state index in [0.717, 1.165) is 17.0 Å². The van der Waals surface area contributed by atoms with E-state index in [-0.39, 0.29) is 0 Å². The minimum absolute atomic E-state index is 0.448. The lowest BCUT2D eigenvalue weighted by Gasteiger charge is -2.20. The minimum Gasteiger partial charge on any atom is -0.444 e. The first-order chi connectivity index (χ1) is 8.35. The van der Waals surface area contributed by atoms with Gasteiger partial charge in [0, 0.05) is 0 Å². The van der Waals surface area contributed by atoms with Crippen molar-refractivity contribution >= 4 is 23.5 Å². The highest BCUT2D eigenvalue weighted by Crippen LogP contribution is 2.21. The first-order valence-corrected chi connectivity index (χ1v) is 7.11. The topological polar surface area (TPSA) is 51.2 Å². The number of aromatic nitrogens is 1. The van der Waals surface area contributed by atoms with Gasteiger partial charge in [-0.15, -0.1) is 11.8 Å². The van der Waals surface area contributed by atoms with Gasteiger partial charge in [0.25, 0.3) is 0 Å². The molecule has 100 valence electrons. The average molecular weight is 268 g/mol. The van der Waals surface area contributed by atoms with Crippen molar-refractivity contribution in [1.29, 1.82) is 0 Å². The smallest absolute Gasteiger partial charge is 0.412 e. The van der Waals surface area contributed by atoms with Crippen LogP contribution in [0.2, 0.25) is 0 Å². The quantitative estimate of drug-likeness (QED) is 0.849. The predicted molar refractivity (Wildman–Crippen MR) is 75.3 cm³/mol. The van der Waals surface area contributed by atoms with Gasteiger partial charge in [-0.3, -0.25) is 5.32 Å². The summed E-state index contributed by atoms with van der Waals surface area (Å²) in [4.78, 5) is 15.9. The van der Waals surface area contributed by atoms with Gasteiger partial charge in [0.05, 0.1) is 16.9 Å². The first-order valence-electron chi connectivity index (χ1n) is 5.88. The zero-order valence-electron chi connectivity index (χ0n) is 11.5. The molecule has 0 fully saturated rings. The molecule has 18 heavy (non-hydrogen) atoms. The van der Waals surface area contributed by atoms with E-state index in [9.17, 15) is 4.79 Å². The van der Waals surface area contributed by atoms with E-state index < -0.39 is 11.7 Å². The van der Waals surface area contributed by atoms with Gasteiger partial charge in [0.1, 0.15) is 5.60 Å². The number of amides is 1. The van der Waals surface area contributed by atoms with E-state index >= 15 is 0 Å². The van der Waals surface area contributed by atoms with E-state index in [0.29, 0.717) is 5.69 Å². The molecule has 0 aliphatic rings. The lowest BCUT2D eigenvalue weighted by atomic mass is 10.2. The summed E-state index contributed by atoms with van der Waals surface area (Å²) in [5.41, 5.74) is 1.27. The number of pyridine rings is 1. The Bertz CT molecular complexity index is 427. The Morgan fingerprint density at radius 1 is 1.50 bits per heavy atom. The summed E-state index contributed by atoms with van der Waals surface area (Å²) in [6, 6.07) is 1.98. The third-order valence-electron chi connectivity index (χ3n) is 2.19. The largest absolute Gasteiger partial charge is 0.444 e. The number of carbonyl (C=O) groups excluding carboxylic acids is 1. The van der Waals surface area contributed by atoms with Gasteiger partial charge in [-0.1, -0.05) is 6.92 Å². The summed E-state index contributed by atoms with van der Waals surface area (Å²) in [6.45, 7) is 7.55. The van der Waals surface area contributed by atoms with Gasteiger partial charge in [-0.25, -0.2) is 9.78 Å². The number of anilines is 1. The third-order valence-corrected chi connectivity index (χ3v) is 2.83. The molecule has 1 N–H and O–H groups in total. The average Bonchev–Trinajstić information content (AvgIpc) is 2.27. The number of carbonyl (C=O) groups is 1. The van der Waals surface area contributed by atoms with Crippen LogP contribution in [0, 0.1) is 0 Å². The molecular weight excluding hydrogens is 248 g/mol. The van der Waals surface area contributed by atoms with Gasteiger partial charge in [-0.2, -0.15) is 0 Å². The molecule has 1 aromatic rings. The number of hydrogen-bond acceptors (Lipinski definition) is 4. The molecule has 1 rings (SSSR count). The van der Waals surface area contributed by atoms with Gasteiger partial charge in [-0.05, 0) is 45.1 Å². The van der Waals surface area contributed by atoms with E-state index in [1.54, 1.807) is 18.0 Å². The maximum absolute atomic E-state index is 11.7. The molecule has 0 aromatic carbocycles. The van der Waals surface area contributed by atoms with Crippen molar-refractivity contribution in [2.24, 2.45) is 0 Å². The molecule has 0 spiro atoms. The second-order valence-electron chi connectivity index (χ2n) is 4.86. The molecule has 1 aromatic heterocycles. The SMILES string of the molecule is CCc1cc(SC)ncc1NC(=O)OC(C)(C)C. The lowest BCUT2D eigenvalue weighted by Crippen LogP contribution is -2.27. The van der Waals surface area contributed by atoms with Gasteiger partial charge in [0.2, 0.25) is 0 Å². The number of hydrogen-bond donors (Lipinski definition) is 1. The van der Waals surface area contributed by atoms with Gasteiger partial charge in [0.15, 0.2) is 0 Å². The number of thioether (sulfide) groups is 1. The Hall–Kier alpha value is -1.23. The Kier molecular flexibility index (Phi) is 5.02. The zero-order valence-corrected chi connectivity index (χ0v) is 12.4. The molecule has 0 bridgehead atoms. The molecule has 0 aliphatic carbocycles. The van der Waals surface area contributed by atoms with Crippen LogP contribution >= 0.6 is 11.8 Å². The van der Waals surface area contributed by atoms with Crippen LogP contribution < -0.4 is 5.32 Å². The van der Waals surface area contributed by atoms with E-state index in [1.165, 1.54) is 0 Å².